The highest BCUT2D eigenvalue weighted by molar-refractivity contribution is 7.10. The van der Waals surface area contributed by atoms with E-state index >= 15 is 0 Å². The third-order valence-electron chi connectivity index (χ3n) is 11.9. The lowest BCUT2D eigenvalue weighted by Gasteiger charge is -2.48. The molecule has 0 bridgehead atoms. The second-order valence-corrected chi connectivity index (χ2v) is 16.5. The van der Waals surface area contributed by atoms with Gasteiger partial charge in [-0.1, -0.05) is 55.5 Å². The molecule has 306 valence electrons. The average molecular weight is 826 g/mol. The van der Waals surface area contributed by atoms with Crippen LogP contribution < -0.4 is 20.3 Å². The molecule has 15 heteroatoms. The van der Waals surface area contributed by atoms with Gasteiger partial charge in [-0.2, -0.15) is 0 Å². The Balaban J connectivity index is 0.851. The maximum atomic E-state index is 14.3. The zero-order valence-electron chi connectivity index (χ0n) is 33.0. The van der Waals surface area contributed by atoms with Crippen molar-refractivity contribution in [3.05, 3.63) is 116 Å². The third kappa shape index (κ3) is 7.39. The molecule has 1 atom stereocenters. The van der Waals surface area contributed by atoms with Gasteiger partial charge in [-0.15, -0.1) is 16.2 Å². The summed E-state index contributed by atoms with van der Waals surface area (Å²) in [4.78, 5) is 83.4. The number of carbonyl (C=O) groups is 5. The van der Waals surface area contributed by atoms with E-state index in [2.05, 4.69) is 21.9 Å². The normalized spacial score (nSPS) is 17.8. The summed E-state index contributed by atoms with van der Waals surface area (Å²) in [6, 6.07) is 24.5. The van der Waals surface area contributed by atoms with E-state index in [4.69, 9.17) is 4.74 Å². The van der Waals surface area contributed by atoms with E-state index in [1.54, 1.807) is 21.9 Å². The standard InChI is InChI=1S/C45H43N7O7S/c1-2-42(54)49-22-32(23-49)51-21-30-10-9-29(35-19-31(48-58)17-28-5-3-4-6-34(28)35)18-39(30)50(45(51)57)16-15-46-20-27-7-11-33(12-8-27)59-25-40-36-24-52(44(56)37(36)26-60-40)38-13-14-41(53)47-43(38)55/h3-12,17-19,26,32,38,46H,2,13-16,20-25H2,1H3,(H,47,53,55). The summed E-state index contributed by atoms with van der Waals surface area (Å²) in [6.45, 7) is 5.40. The maximum absolute atomic E-state index is 14.3. The third-order valence-corrected chi connectivity index (χ3v) is 12.9. The van der Waals surface area contributed by atoms with Crippen LogP contribution >= 0.6 is 11.3 Å². The predicted molar refractivity (Wildman–Crippen MR) is 227 cm³/mol. The van der Waals surface area contributed by atoms with Crippen molar-refractivity contribution in [1.82, 2.24) is 25.3 Å². The van der Waals surface area contributed by atoms with Gasteiger partial charge in [0.1, 0.15) is 24.1 Å². The molecule has 6 amide bonds. The van der Waals surface area contributed by atoms with Gasteiger partial charge in [-0.05, 0) is 75.0 Å². The number of benzene rings is 4. The fraction of sp³-hybridized carbons (Fsp3) is 0.311. The summed E-state index contributed by atoms with van der Waals surface area (Å²) in [7, 11) is 0. The average Bonchev–Trinajstić information content (AvgIpc) is 3.80. The Kier molecular flexibility index (Phi) is 10.6. The SMILES string of the molecule is CCC(=O)N1CC(N2Cc3ccc(-c4cc(N=O)cc5ccccc45)cc3N(CCNCc3ccc(OCc4scc5c4CN(C4CCC(=O)NC4=O)C5=O)cc3)C2=O)C1. The van der Waals surface area contributed by atoms with E-state index in [9.17, 15) is 28.9 Å². The zero-order valence-corrected chi connectivity index (χ0v) is 33.8. The molecule has 4 aliphatic rings. The first kappa shape index (κ1) is 39.0. The van der Waals surface area contributed by atoms with Crippen molar-refractivity contribution in [1.29, 1.82) is 0 Å². The molecule has 0 saturated carbocycles. The number of nitrogens with one attached hydrogen (secondary N) is 2. The van der Waals surface area contributed by atoms with Crippen LogP contribution in [0.3, 0.4) is 0 Å². The summed E-state index contributed by atoms with van der Waals surface area (Å²) in [6.07, 6.45) is 0.963. The number of hydrogen-bond donors (Lipinski definition) is 2. The summed E-state index contributed by atoms with van der Waals surface area (Å²) >= 11 is 1.46. The quantitative estimate of drug-likeness (QED) is 0.0778. The van der Waals surface area contributed by atoms with Gasteiger partial charge in [0.25, 0.3) is 5.91 Å². The molecular formula is C45H43N7O7S. The summed E-state index contributed by atoms with van der Waals surface area (Å²) in [5.41, 5.74) is 6.39. The van der Waals surface area contributed by atoms with E-state index in [-0.39, 0.29) is 42.8 Å². The number of urea groups is 1. The van der Waals surface area contributed by atoms with Crippen molar-refractivity contribution in [3.63, 3.8) is 0 Å². The molecule has 1 unspecified atom stereocenters. The number of thiophene rings is 1. The van der Waals surface area contributed by atoms with Gasteiger partial charge in [0.15, 0.2) is 0 Å². The molecule has 2 N–H and O–H groups in total. The minimum atomic E-state index is -0.657. The molecule has 4 aliphatic heterocycles. The van der Waals surface area contributed by atoms with Crippen LogP contribution in [0.15, 0.2) is 89.4 Å². The molecule has 60 heavy (non-hydrogen) atoms. The van der Waals surface area contributed by atoms with Crippen molar-refractivity contribution < 1.29 is 28.7 Å². The Morgan fingerprint density at radius 2 is 1.77 bits per heavy atom. The molecule has 4 aromatic carbocycles. The van der Waals surface area contributed by atoms with Gasteiger partial charge in [-0.25, -0.2) is 4.79 Å². The van der Waals surface area contributed by atoms with E-state index in [1.807, 2.05) is 82.8 Å². The largest absolute Gasteiger partial charge is 0.488 e. The lowest BCUT2D eigenvalue weighted by molar-refractivity contribution is -0.138. The number of anilines is 1. The summed E-state index contributed by atoms with van der Waals surface area (Å²) in [5.74, 6) is -0.176. The highest BCUT2D eigenvalue weighted by Gasteiger charge is 2.42. The summed E-state index contributed by atoms with van der Waals surface area (Å²) in [5, 5.41) is 12.8. The monoisotopic (exact) mass is 825 g/mol. The number of nitroso groups, excluding NO2 is 1. The number of imide groups is 1. The van der Waals surface area contributed by atoms with Gasteiger partial charge < -0.3 is 24.8 Å². The molecule has 2 saturated heterocycles. The van der Waals surface area contributed by atoms with Crippen molar-refractivity contribution in [3.8, 4) is 16.9 Å². The number of piperidine rings is 1. The van der Waals surface area contributed by atoms with Crippen LogP contribution in [0.2, 0.25) is 0 Å². The fourth-order valence-corrected chi connectivity index (χ4v) is 9.54. The van der Waals surface area contributed by atoms with E-state index in [1.165, 1.54) is 11.3 Å². The smallest absolute Gasteiger partial charge is 0.325 e. The topological polar surface area (TPSA) is 161 Å². The van der Waals surface area contributed by atoms with Crippen LogP contribution in [0.1, 0.15) is 58.1 Å². The van der Waals surface area contributed by atoms with Crippen LogP contribution in [-0.4, -0.2) is 82.6 Å². The molecule has 5 aromatic rings. The highest BCUT2D eigenvalue weighted by Crippen LogP contribution is 2.39. The first-order chi connectivity index (χ1) is 29.2. The molecule has 0 spiro atoms. The Morgan fingerprint density at radius 1 is 0.950 bits per heavy atom. The first-order valence-electron chi connectivity index (χ1n) is 20.2. The highest BCUT2D eigenvalue weighted by atomic mass is 32.1. The second kappa shape index (κ2) is 16.3. The minimum Gasteiger partial charge on any atom is -0.488 e. The number of amides is 6. The number of fused-ring (bicyclic) bond motifs is 3. The van der Waals surface area contributed by atoms with Gasteiger partial charge in [0.2, 0.25) is 17.7 Å². The first-order valence-corrected chi connectivity index (χ1v) is 21.1. The Morgan fingerprint density at radius 3 is 2.55 bits per heavy atom. The van der Waals surface area contributed by atoms with Crippen LogP contribution in [0, 0.1) is 4.91 Å². The number of ether oxygens (including phenoxy) is 1. The molecule has 9 rings (SSSR count). The Hall–Kier alpha value is -6.45. The van der Waals surface area contributed by atoms with Crippen molar-refractivity contribution in [2.75, 3.05) is 31.1 Å². The summed E-state index contributed by atoms with van der Waals surface area (Å²) < 4.78 is 6.12. The van der Waals surface area contributed by atoms with Gasteiger partial charge >= 0.3 is 6.03 Å². The van der Waals surface area contributed by atoms with E-state index in [0.29, 0.717) is 75.7 Å². The lowest BCUT2D eigenvalue weighted by atomic mass is 9.94. The van der Waals surface area contributed by atoms with Crippen LogP contribution in [0.25, 0.3) is 21.9 Å². The molecule has 0 radical (unpaired) electrons. The van der Waals surface area contributed by atoms with Crippen LogP contribution in [-0.2, 0) is 40.6 Å². The Labute approximate surface area is 350 Å². The zero-order chi connectivity index (χ0) is 41.5. The van der Waals surface area contributed by atoms with Crippen molar-refractivity contribution in [2.24, 2.45) is 5.18 Å². The van der Waals surface area contributed by atoms with Crippen LogP contribution in [0.4, 0.5) is 16.2 Å². The lowest BCUT2D eigenvalue weighted by Crippen LogP contribution is -2.65. The molecule has 2 fully saturated rings. The molecule has 14 nitrogen and oxygen atoms in total. The second-order valence-electron chi connectivity index (χ2n) is 15.6. The minimum absolute atomic E-state index is 0.0629. The van der Waals surface area contributed by atoms with Crippen LogP contribution in [0.5, 0.6) is 5.75 Å². The molecular weight excluding hydrogens is 783 g/mol. The fourth-order valence-electron chi connectivity index (χ4n) is 8.59. The predicted octanol–water partition coefficient (Wildman–Crippen LogP) is 6.46. The van der Waals surface area contributed by atoms with E-state index in [0.717, 1.165) is 49.2 Å². The number of rotatable bonds is 13. The van der Waals surface area contributed by atoms with Gasteiger partial charge in [-0.3, -0.25) is 29.4 Å². The van der Waals surface area contributed by atoms with Gasteiger partial charge in [0.05, 0.1) is 17.3 Å². The number of carbonyl (C=O) groups excluding carboxylic acids is 5. The number of nitrogens with zero attached hydrogens (tertiary/aromatic N) is 5. The number of hydrogen-bond acceptors (Lipinski definition) is 10. The molecule has 1 aromatic heterocycles. The number of likely N-dealkylation sites (tertiary alicyclic amines) is 1. The van der Waals surface area contributed by atoms with Crippen molar-refractivity contribution >= 4 is 63.1 Å². The molecule has 0 aliphatic carbocycles. The maximum Gasteiger partial charge on any atom is 0.325 e. The Bertz CT molecular complexity index is 2550. The van der Waals surface area contributed by atoms with Gasteiger partial charge in [0, 0.05) is 74.5 Å². The molecule has 5 heterocycles. The van der Waals surface area contributed by atoms with E-state index < -0.39 is 11.9 Å². The van der Waals surface area contributed by atoms with Crippen molar-refractivity contribution in [2.45, 2.75) is 64.5 Å².